The summed E-state index contributed by atoms with van der Waals surface area (Å²) in [6.45, 7) is 8.36. The Kier molecular flexibility index (Phi) is 7.39. The maximum Gasteiger partial charge on any atom is 0.324 e. The Morgan fingerprint density at radius 2 is 2.00 bits per heavy atom. The van der Waals surface area contributed by atoms with E-state index in [1.54, 1.807) is 0 Å². The molecular weight excluding hydrogens is 240 g/mol. The molecule has 1 aliphatic rings. The monoisotopic (exact) mass is 270 g/mol. The summed E-state index contributed by atoms with van der Waals surface area (Å²) in [5.74, 6) is 0.415. The van der Waals surface area contributed by atoms with Crippen molar-refractivity contribution in [2.75, 3.05) is 19.7 Å². The Morgan fingerprint density at radius 1 is 1.37 bits per heavy atom. The van der Waals surface area contributed by atoms with Crippen LogP contribution in [-0.4, -0.2) is 42.6 Å². The predicted octanol–water partition coefficient (Wildman–Crippen LogP) is 2.17. The Morgan fingerprint density at radius 3 is 2.53 bits per heavy atom. The first-order valence-corrected chi connectivity index (χ1v) is 7.70. The van der Waals surface area contributed by atoms with Gasteiger partial charge in [-0.2, -0.15) is 0 Å². The second kappa shape index (κ2) is 8.54. The number of nitrogens with zero attached hydrogens (tertiary/aromatic N) is 1. The molecule has 0 heterocycles. The molecule has 4 heteroatoms. The zero-order valence-corrected chi connectivity index (χ0v) is 12.7. The van der Waals surface area contributed by atoms with Crippen LogP contribution in [0.25, 0.3) is 0 Å². The standard InChI is InChI=1S/C15H30N2O2/c1-4-19-15(18)14(16)11-17(10-9-12(2)3)13-7-5-6-8-13/h12-14H,4-11,16H2,1-3H3. The van der Waals surface area contributed by atoms with Crippen molar-refractivity contribution in [3.8, 4) is 0 Å². The van der Waals surface area contributed by atoms with Gasteiger partial charge in [0.15, 0.2) is 0 Å². The molecule has 4 nitrogen and oxygen atoms in total. The summed E-state index contributed by atoms with van der Waals surface area (Å²) in [4.78, 5) is 14.1. The molecule has 0 radical (unpaired) electrons. The molecule has 0 spiro atoms. The van der Waals surface area contributed by atoms with Crippen molar-refractivity contribution in [1.82, 2.24) is 4.90 Å². The summed E-state index contributed by atoms with van der Waals surface area (Å²) in [6.07, 6.45) is 6.25. The van der Waals surface area contributed by atoms with Crippen LogP contribution in [0.3, 0.4) is 0 Å². The van der Waals surface area contributed by atoms with Crippen LogP contribution in [0.15, 0.2) is 0 Å². The van der Waals surface area contributed by atoms with E-state index in [1.807, 2.05) is 6.92 Å². The molecule has 1 atom stereocenters. The van der Waals surface area contributed by atoms with Crippen molar-refractivity contribution in [3.05, 3.63) is 0 Å². The van der Waals surface area contributed by atoms with Crippen LogP contribution in [0.4, 0.5) is 0 Å². The van der Waals surface area contributed by atoms with Gasteiger partial charge in [-0.05, 0) is 38.6 Å². The summed E-state index contributed by atoms with van der Waals surface area (Å²) >= 11 is 0. The minimum Gasteiger partial charge on any atom is -0.465 e. The number of rotatable bonds is 8. The highest BCUT2D eigenvalue weighted by Gasteiger charge is 2.26. The summed E-state index contributed by atoms with van der Waals surface area (Å²) in [5, 5.41) is 0. The molecule has 2 N–H and O–H groups in total. The first-order chi connectivity index (χ1) is 9.04. The molecule has 1 saturated carbocycles. The van der Waals surface area contributed by atoms with Gasteiger partial charge in [-0.15, -0.1) is 0 Å². The molecule has 1 unspecified atom stereocenters. The van der Waals surface area contributed by atoms with Crippen LogP contribution >= 0.6 is 0 Å². The molecule has 0 aliphatic heterocycles. The fraction of sp³-hybridized carbons (Fsp3) is 0.933. The first kappa shape index (κ1) is 16.4. The SMILES string of the molecule is CCOC(=O)C(N)CN(CCC(C)C)C1CCCC1. The minimum absolute atomic E-state index is 0.268. The highest BCUT2D eigenvalue weighted by atomic mass is 16.5. The van der Waals surface area contributed by atoms with Crippen molar-refractivity contribution >= 4 is 5.97 Å². The lowest BCUT2D eigenvalue weighted by Crippen LogP contribution is -2.47. The van der Waals surface area contributed by atoms with Gasteiger partial charge in [0.25, 0.3) is 0 Å². The Bertz CT molecular complexity index is 263. The first-order valence-electron chi connectivity index (χ1n) is 7.70. The molecule has 0 amide bonds. The topological polar surface area (TPSA) is 55.6 Å². The quantitative estimate of drug-likeness (QED) is 0.687. The number of ether oxygens (including phenoxy) is 1. The van der Waals surface area contributed by atoms with Crippen molar-refractivity contribution in [3.63, 3.8) is 0 Å². The molecule has 1 fully saturated rings. The average molecular weight is 270 g/mol. The number of carbonyl (C=O) groups excluding carboxylic acids is 1. The van der Waals surface area contributed by atoms with Gasteiger partial charge >= 0.3 is 5.97 Å². The second-order valence-corrected chi connectivity index (χ2v) is 5.97. The lowest BCUT2D eigenvalue weighted by atomic mass is 10.1. The third-order valence-electron chi connectivity index (χ3n) is 3.86. The molecule has 19 heavy (non-hydrogen) atoms. The summed E-state index contributed by atoms with van der Waals surface area (Å²) in [7, 11) is 0. The maximum absolute atomic E-state index is 11.7. The van der Waals surface area contributed by atoms with Gasteiger partial charge in [0.05, 0.1) is 6.61 Å². The molecule has 0 aromatic carbocycles. The van der Waals surface area contributed by atoms with E-state index in [9.17, 15) is 4.79 Å². The van der Waals surface area contributed by atoms with Gasteiger partial charge in [0.1, 0.15) is 6.04 Å². The van der Waals surface area contributed by atoms with Gasteiger partial charge in [0.2, 0.25) is 0 Å². The van der Waals surface area contributed by atoms with Crippen LogP contribution in [0, 0.1) is 5.92 Å². The van der Waals surface area contributed by atoms with Crippen LogP contribution in [0.1, 0.15) is 52.9 Å². The molecule has 0 saturated heterocycles. The summed E-state index contributed by atoms with van der Waals surface area (Å²) in [6, 6.07) is 0.104. The number of carbonyl (C=O) groups is 1. The average Bonchev–Trinajstić information content (AvgIpc) is 2.87. The smallest absolute Gasteiger partial charge is 0.324 e. The molecule has 0 aromatic heterocycles. The summed E-state index contributed by atoms with van der Waals surface area (Å²) in [5.41, 5.74) is 5.96. The van der Waals surface area contributed by atoms with E-state index in [1.165, 1.54) is 25.7 Å². The zero-order chi connectivity index (χ0) is 14.3. The number of hydrogen-bond acceptors (Lipinski definition) is 4. The Balaban J connectivity index is 2.49. The molecular formula is C15H30N2O2. The van der Waals surface area contributed by atoms with Crippen molar-refractivity contribution < 1.29 is 9.53 Å². The predicted molar refractivity (Wildman–Crippen MR) is 77.9 cm³/mol. The fourth-order valence-electron chi connectivity index (χ4n) is 2.69. The van der Waals surface area contributed by atoms with E-state index >= 15 is 0 Å². The number of hydrogen-bond donors (Lipinski definition) is 1. The van der Waals surface area contributed by atoms with Gasteiger partial charge in [-0.3, -0.25) is 9.69 Å². The molecule has 112 valence electrons. The Hall–Kier alpha value is -0.610. The molecule has 1 aliphatic carbocycles. The van der Waals surface area contributed by atoms with E-state index in [4.69, 9.17) is 10.5 Å². The highest BCUT2D eigenvalue weighted by molar-refractivity contribution is 5.75. The van der Waals surface area contributed by atoms with E-state index in [2.05, 4.69) is 18.7 Å². The normalized spacial score (nSPS) is 18.2. The minimum atomic E-state index is -0.507. The lowest BCUT2D eigenvalue weighted by Gasteiger charge is -2.31. The van der Waals surface area contributed by atoms with Crippen LogP contribution in [0.2, 0.25) is 0 Å². The van der Waals surface area contributed by atoms with E-state index in [0.29, 0.717) is 25.1 Å². The number of esters is 1. The van der Waals surface area contributed by atoms with Gasteiger partial charge in [-0.1, -0.05) is 26.7 Å². The molecule has 0 bridgehead atoms. The molecule has 0 aromatic rings. The fourth-order valence-corrected chi connectivity index (χ4v) is 2.69. The van der Waals surface area contributed by atoms with Crippen molar-refractivity contribution in [1.29, 1.82) is 0 Å². The van der Waals surface area contributed by atoms with Gasteiger partial charge in [0, 0.05) is 12.6 Å². The van der Waals surface area contributed by atoms with Crippen molar-refractivity contribution in [2.45, 2.75) is 65.0 Å². The third-order valence-corrected chi connectivity index (χ3v) is 3.86. The van der Waals surface area contributed by atoms with Crippen LogP contribution in [-0.2, 0) is 9.53 Å². The van der Waals surface area contributed by atoms with E-state index in [-0.39, 0.29) is 5.97 Å². The van der Waals surface area contributed by atoms with Crippen LogP contribution < -0.4 is 5.73 Å². The largest absolute Gasteiger partial charge is 0.465 e. The second-order valence-electron chi connectivity index (χ2n) is 5.97. The zero-order valence-electron chi connectivity index (χ0n) is 12.7. The summed E-state index contributed by atoms with van der Waals surface area (Å²) < 4.78 is 5.00. The van der Waals surface area contributed by atoms with Crippen LogP contribution in [0.5, 0.6) is 0 Å². The van der Waals surface area contributed by atoms with Gasteiger partial charge < -0.3 is 10.5 Å². The van der Waals surface area contributed by atoms with E-state index < -0.39 is 6.04 Å². The number of nitrogens with two attached hydrogens (primary N) is 1. The lowest BCUT2D eigenvalue weighted by molar-refractivity contribution is -0.145. The highest BCUT2D eigenvalue weighted by Crippen LogP contribution is 2.24. The van der Waals surface area contributed by atoms with Crippen molar-refractivity contribution in [2.24, 2.45) is 11.7 Å². The Labute approximate surface area is 117 Å². The molecule has 1 rings (SSSR count). The maximum atomic E-state index is 11.7. The van der Waals surface area contributed by atoms with Gasteiger partial charge in [-0.25, -0.2) is 0 Å². The third kappa shape index (κ3) is 5.91. The van der Waals surface area contributed by atoms with E-state index in [0.717, 1.165) is 13.0 Å².